The third-order valence-electron chi connectivity index (χ3n) is 4.09. The highest BCUT2D eigenvalue weighted by Crippen LogP contribution is 2.31. The smallest absolute Gasteiger partial charge is 0.0948 e. The summed E-state index contributed by atoms with van der Waals surface area (Å²) >= 11 is 0. The van der Waals surface area contributed by atoms with Gasteiger partial charge in [-0.25, -0.2) is 4.98 Å². The van der Waals surface area contributed by atoms with E-state index >= 15 is 0 Å². The normalized spacial score (nSPS) is 27.6. The summed E-state index contributed by atoms with van der Waals surface area (Å²) < 4.78 is 2.18. The van der Waals surface area contributed by atoms with E-state index in [0.29, 0.717) is 12.5 Å². The SMILES string of the molecule is CCCn1cncc1CNCC1(O)CCCC(C)C1. The molecule has 4 nitrogen and oxygen atoms in total. The van der Waals surface area contributed by atoms with Crippen LogP contribution < -0.4 is 5.32 Å². The van der Waals surface area contributed by atoms with Gasteiger partial charge in [0.1, 0.15) is 0 Å². The molecule has 0 bridgehead atoms. The molecule has 1 heterocycles. The van der Waals surface area contributed by atoms with Crippen molar-refractivity contribution in [1.29, 1.82) is 0 Å². The zero-order chi connectivity index (χ0) is 13.7. The molecule has 19 heavy (non-hydrogen) atoms. The Morgan fingerprint density at radius 1 is 1.58 bits per heavy atom. The van der Waals surface area contributed by atoms with Crippen molar-refractivity contribution in [1.82, 2.24) is 14.9 Å². The largest absolute Gasteiger partial charge is 0.389 e. The summed E-state index contributed by atoms with van der Waals surface area (Å²) in [5, 5.41) is 14.0. The van der Waals surface area contributed by atoms with Crippen molar-refractivity contribution in [2.75, 3.05) is 6.54 Å². The Balaban J connectivity index is 1.80. The minimum absolute atomic E-state index is 0.507. The van der Waals surface area contributed by atoms with E-state index < -0.39 is 5.60 Å². The first kappa shape index (κ1) is 14.5. The number of hydrogen-bond donors (Lipinski definition) is 2. The number of nitrogens with one attached hydrogen (secondary N) is 1. The zero-order valence-electron chi connectivity index (χ0n) is 12.2. The first-order valence-corrected chi connectivity index (χ1v) is 7.55. The Labute approximate surface area is 116 Å². The summed E-state index contributed by atoms with van der Waals surface area (Å²) in [4.78, 5) is 4.20. The number of rotatable bonds is 6. The van der Waals surface area contributed by atoms with Gasteiger partial charge in [0.2, 0.25) is 0 Å². The van der Waals surface area contributed by atoms with Crippen molar-refractivity contribution < 1.29 is 5.11 Å². The van der Waals surface area contributed by atoms with Gasteiger partial charge >= 0.3 is 0 Å². The molecule has 1 aliphatic rings. The molecule has 4 heteroatoms. The van der Waals surface area contributed by atoms with Gasteiger partial charge in [-0.05, 0) is 25.2 Å². The van der Waals surface area contributed by atoms with Crippen LogP contribution in [0, 0.1) is 5.92 Å². The highest BCUT2D eigenvalue weighted by atomic mass is 16.3. The molecule has 108 valence electrons. The predicted molar refractivity (Wildman–Crippen MR) is 76.8 cm³/mol. The summed E-state index contributed by atoms with van der Waals surface area (Å²) in [7, 11) is 0. The molecule has 1 saturated carbocycles. The van der Waals surface area contributed by atoms with Gasteiger partial charge in [-0.2, -0.15) is 0 Å². The van der Waals surface area contributed by atoms with Crippen LogP contribution in [0.3, 0.4) is 0 Å². The number of aromatic nitrogens is 2. The fourth-order valence-corrected chi connectivity index (χ4v) is 3.15. The van der Waals surface area contributed by atoms with E-state index in [1.807, 2.05) is 12.5 Å². The first-order chi connectivity index (χ1) is 9.13. The zero-order valence-corrected chi connectivity index (χ0v) is 12.2. The van der Waals surface area contributed by atoms with Gasteiger partial charge in [-0.1, -0.05) is 26.7 Å². The summed E-state index contributed by atoms with van der Waals surface area (Å²) in [5.41, 5.74) is 0.696. The van der Waals surface area contributed by atoms with Crippen molar-refractivity contribution in [3.05, 3.63) is 18.2 Å². The van der Waals surface area contributed by atoms with Crippen LogP contribution in [0.25, 0.3) is 0 Å². The van der Waals surface area contributed by atoms with Crippen LogP contribution in [0.5, 0.6) is 0 Å². The maximum Gasteiger partial charge on any atom is 0.0948 e. The van der Waals surface area contributed by atoms with Crippen LogP contribution in [-0.4, -0.2) is 26.8 Å². The Hall–Kier alpha value is -0.870. The molecule has 0 saturated heterocycles. The Bertz CT molecular complexity index is 390. The molecule has 2 rings (SSSR count). The second-order valence-electron chi connectivity index (χ2n) is 6.11. The third-order valence-corrected chi connectivity index (χ3v) is 4.09. The van der Waals surface area contributed by atoms with Crippen molar-refractivity contribution in [2.45, 2.75) is 64.6 Å². The Kier molecular flexibility index (Phi) is 4.99. The standard InChI is InChI=1S/C15H27N3O/c1-3-7-18-12-17-10-14(18)9-16-11-15(19)6-4-5-13(2)8-15/h10,12-13,16,19H,3-9,11H2,1-2H3. The molecule has 2 unspecified atom stereocenters. The maximum atomic E-state index is 10.6. The molecule has 0 amide bonds. The topological polar surface area (TPSA) is 50.1 Å². The van der Waals surface area contributed by atoms with Gasteiger partial charge in [-0.15, -0.1) is 0 Å². The summed E-state index contributed by atoms with van der Waals surface area (Å²) in [6.07, 6.45) is 9.17. The van der Waals surface area contributed by atoms with E-state index in [4.69, 9.17) is 0 Å². The van der Waals surface area contributed by atoms with Crippen LogP contribution >= 0.6 is 0 Å². The molecular formula is C15H27N3O. The van der Waals surface area contributed by atoms with Crippen LogP contribution in [0.4, 0.5) is 0 Å². The van der Waals surface area contributed by atoms with E-state index in [9.17, 15) is 5.11 Å². The summed E-state index contributed by atoms with van der Waals surface area (Å²) in [5.74, 6) is 0.645. The molecule has 0 radical (unpaired) electrons. The number of aliphatic hydroxyl groups is 1. The second-order valence-corrected chi connectivity index (χ2v) is 6.11. The lowest BCUT2D eigenvalue weighted by molar-refractivity contribution is -0.0120. The van der Waals surface area contributed by atoms with E-state index in [1.54, 1.807) is 0 Å². The van der Waals surface area contributed by atoms with Crippen LogP contribution in [-0.2, 0) is 13.1 Å². The quantitative estimate of drug-likeness (QED) is 0.830. The fourth-order valence-electron chi connectivity index (χ4n) is 3.15. The van der Waals surface area contributed by atoms with Crippen LogP contribution in [0.2, 0.25) is 0 Å². The van der Waals surface area contributed by atoms with Gasteiger partial charge in [0.15, 0.2) is 0 Å². The van der Waals surface area contributed by atoms with Gasteiger partial charge in [0, 0.05) is 25.8 Å². The number of hydrogen-bond acceptors (Lipinski definition) is 3. The van der Waals surface area contributed by atoms with Crippen molar-refractivity contribution in [2.24, 2.45) is 5.92 Å². The average molecular weight is 265 g/mol. The average Bonchev–Trinajstić information content (AvgIpc) is 2.77. The molecule has 2 N–H and O–H groups in total. The summed E-state index contributed by atoms with van der Waals surface area (Å²) in [6, 6.07) is 0. The highest BCUT2D eigenvalue weighted by Gasteiger charge is 2.32. The lowest BCUT2D eigenvalue weighted by Gasteiger charge is -2.35. The van der Waals surface area contributed by atoms with E-state index in [0.717, 1.165) is 38.8 Å². The number of imidazole rings is 1. The second kappa shape index (κ2) is 6.53. The fraction of sp³-hybridized carbons (Fsp3) is 0.800. The minimum atomic E-state index is -0.507. The minimum Gasteiger partial charge on any atom is -0.389 e. The maximum absolute atomic E-state index is 10.6. The molecule has 0 spiro atoms. The van der Waals surface area contributed by atoms with Crippen LogP contribution in [0.1, 0.15) is 51.6 Å². The predicted octanol–water partition coefficient (Wildman–Crippen LogP) is 2.32. The highest BCUT2D eigenvalue weighted by molar-refractivity contribution is 4.98. The summed E-state index contributed by atoms with van der Waals surface area (Å²) in [6.45, 7) is 6.90. The molecule has 1 aromatic heterocycles. The molecular weight excluding hydrogens is 238 g/mol. The van der Waals surface area contributed by atoms with E-state index in [1.165, 1.54) is 12.1 Å². The van der Waals surface area contributed by atoms with Gasteiger partial charge in [0.25, 0.3) is 0 Å². The lowest BCUT2D eigenvalue weighted by atomic mass is 9.79. The molecule has 1 aliphatic carbocycles. The number of nitrogens with zero attached hydrogens (tertiary/aromatic N) is 2. The molecule has 0 aromatic carbocycles. The molecule has 1 fully saturated rings. The molecule has 2 atom stereocenters. The van der Waals surface area contributed by atoms with Gasteiger partial charge in [0.05, 0.1) is 17.6 Å². The molecule has 1 aromatic rings. The van der Waals surface area contributed by atoms with Crippen molar-refractivity contribution in [3.8, 4) is 0 Å². The monoisotopic (exact) mass is 265 g/mol. The van der Waals surface area contributed by atoms with Crippen LogP contribution in [0.15, 0.2) is 12.5 Å². The lowest BCUT2D eigenvalue weighted by Crippen LogP contribution is -2.44. The van der Waals surface area contributed by atoms with Gasteiger partial charge in [-0.3, -0.25) is 0 Å². The first-order valence-electron chi connectivity index (χ1n) is 7.55. The Morgan fingerprint density at radius 2 is 2.42 bits per heavy atom. The van der Waals surface area contributed by atoms with Gasteiger partial charge < -0.3 is 15.0 Å². The van der Waals surface area contributed by atoms with Crippen molar-refractivity contribution in [3.63, 3.8) is 0 Å². The third kappa shape index (κ3) is 4.05. The van der Waals surface area contributed by atoms with E-state index in [-0.39, 0.29) is 0 Å². The van der Waals surface area contributed by atoms with E-state index in [2.05, 4.69) is 28.7 Å². The molecule has 0 aliphatic heterocycles. The van der Waals surface area contributed by atoms with Crippen molar-refractivity contribution >= 4 is 0 Å². The number of aryl methyl sites for hydroxylation is 1. The Morgan fingerprint density at radius 3 is 3.16 bits per heavy atom.